The highest BCUT2D eigenvalue weighted by atomic mass is 35.5. The van der Waals surface area contributed by atoms with E-state index in [1.165, 1.54) is 0 Å². The number of esters is 2. The molecule has 132 valence electrons. The average Bonchev–Trinajstić information content (AvgIpc) is 2.54. The highest BCUT2D eigenvalue weighted by Gasteiger charge is 2.25. The van der Waals surface area contributed by atoms with Gasteiger partial charge in [0.2, 0.25) is 0 Å². The van der Waals surface area contributed by atoms with Gasteiger partial charge in [0.1, 0.15) is 16.4 Å². The Labute approximate surface area is 144 Å². The quantitative estimate of drug-likeness (QED) is 0.304. The third-order valence-electron chi connectivity index (χ3n) is 3.48. The standard InChI is InChI=1S/C15H19ClN2O6/c1-4-9(14(19)24-5-2)6-7-11-12(18(21)22)8-10(13(16)17-11)15(20)23-3/h8-9H,4-7H2,1-3H3. The fourth-order valence-electron chi connectivity index (χ4n) is 2.17. The Morgan fingerprint density at radius 3 is 2.58 bits per heavy atom. The van der Waals surface area contributed by atoms with Crippen LogP contribution < -0.4 is 0 Å². The van der Waals surface area contributed by atoms with Gasteiger partial charge < -0.3 is 9.47 Å². The fourth-order valence-corrected chi connectivity index (χ4v) is 2.40. The lowest BCUT2D eigenvalue weighted by atomic mass is 9.98. The number of ether oxygens (including phenoxy) is 2. The van der Waals surface area contributed by atoms with E-state index in [1.807, 2.05) is 6.92 Å². The maximum atomic E-state index is 11.8. The van der Waals surface area contributed by atoms with Gasteiger partial charge in [0.15, 0.2) is 0 Å². The van der Waals surface area contributed by atoms with Gasteiger partial charge in [0.05, 0.1) is 24.6 Å². The summed E-state index contributed by atoms with van der Waals surface area (Å²) < 4.78 is 9.49. The molecule has 0 N–H and O–H groups in total. The van der Waals surface area contributed by atoms with Gasteiger partial charge in [-0.1, -0.05) is 18.5 Å². The molecule has 0 amide bonds. The summed E-state index contributed by atoms with van der Waals surface area (Å²) in [6.45, 7) is 3.81. The van der Waals surface area contributed by atoms with Gasteiger partial charge >= 0.3 is 11.9 Å². The van der Waals surface area contributed by atoms with E-state index in [4.69, 9.17) is 16.3 Å². The van der Waals surface area contributed by atoms with Gasteiger partial charge in [-0.3, -0.25) is 14.9 Å². The molecule has 1 atom stereocenters. The van der Waals surface area contributed by atoms with Crippen LogP contribution in [0.25, 0.3) is 0 Å². The Hall–Kier alpha value is -2.22. The van der Waals surface area contributed by atoms with Crippen molar-refractivity contribution in [1.29, 1.82) is 0 Å². The maximum Gasteiger partial charge on any atom is 0.341 e. The van der Waals surface area contributed by atoms with Gasteiger partial charge in [-0.2, -0.15) is 0 Å². The Morgan fingerprint density at radius 2 is 2.08 bits per heavy atom. The van der Waals surface area contributed by atoms with E-state index in [2.05, 4.69) is 9.72 Å². The first kappa shape index (κ1) is 19.8. The molecule has 1 rings (SSSR count). The molecule has 0 aliphatic rings. The van der Waals surface area contributed by atoms with Crippen LogP contribution in [0.15, 0.2) is 6.07 Å². The molecular formula is C15H19ClN2O6. The lowest BCUT2D eigenvalue weighted by molar-refractivity contribution is -0.386. The summed E-state index contributed by atoms with van der Waals surface area (Å²) in [6.07, 6.45) is 1.03. The molecule has 0 aliphatic carbocycles. The molecule has 0 saturated heterocycles. The number of aromatic nitrogens is 1. The first-order chi connectivity index (χ1) is 11.3. The topological polar surface area (TPSA) is 109 Å². The average molecular weight is 359 g/mol. The summed E-state index contributed by atoms with van der Waals surface area (Å²) in [5.74, 6) is -1.54. The van der Waals surface area contributed by atoms with Crippen molar-refractivity contribution in [2.75, 3.05) is 13.7 Å². The first-order valence-electron chi connectivity index (χ1n) is 7.44. The maximum absolute atomic E-state index is 11.8. The van der Waals surface area contributed by atoms with Gasteiger partial charge in [0.25, 0.3) is 5.69 Å². The number of pyridine rings is 1. The van der Waals surface area contributed by atoms with E-state index in [0.29, 0.717) is 12.8 Å². The molecule has 0 saturated carbocycles. The van der Waals surface area contributed by atoms with Crippen LogP contribution in [0.4, 0.5) is 5.69 Å². The second-order valence-electron chi connectivity index (χ2n) is 4.94. The molecule has 1 aromatic rings. The molecule has 1 heterocycles. The summed E-state index contributed by atoms with van der Waals surface area (Å²) >= 11 is 5.91. The Balaban J connectivity index is 3.06. The molecule has 0 fully saturated rings. The van der Waals surface area contributed by atoms with E-state index in [1.54, 1.807) is 6.92 Å². The number of nitrogens with zero attached hydrogens (tertiary/aromatic N) is 2. The molecule has 1 unspecified atom stereocenters. The molecule has 24 heavy (non-hydrogen) atoms. The minimum absolute atomic E-state index is 0.111. The van der Waals surface area contributed by atoms with E-state index in [0.717, 1.165) is 13.2 Å². The van der Waals surface area contributed by atoms with E-state index in [-0.39, 0.29) is 47.0 Å². The molecule has 0 aromatic carbocycles. The Kier molecular flexibility index (Phi) is 7.57. The monoisotopic (exact) mass is 358 g/mol. The lowest BCUT2D eigenvalue weighted by Crippen LogP contribution is -2.18. The number of carbonyl (C=O) groups is 2. The fraction of sp³-hybridized carbons (Fsp3) is 0.533. The van der Waals surface area contributed by atoms with Gasteiger partial charge in [-0.25, -0.2) is 9.78 Å². The Morgan fingerprint density at radius 1 is 1.42 bits per heavy atom. The van der Waals surface area contributed by atoms with E-state index < -0.39 is 10.9 Å². The number of aryl methyl sites for hydroxylation is 1. The van der Waals surface area contributed by atoms with Gasteiger partial charge in [-0.15, -0.1) is 0 Å². The van der Waals surface area contributed by atoms with Gasteiger partial charge in [0, 0.05) is 6.07 Å². The summed E-state index contributed by atoms with van der Waals surface area (Å²) in [7, 11) is 1.14. The number of rotatable bonds is 8. The molecule has 0 radical (unpaired) electrons. The first-order valence-corrected chi connectivity index (χ1v) is 7.82. The number of halogens is 1. The van der Waals surface area contributed by atoms with Crippen LogP contribution in [0.1, 0.15) is 42.7 Å². The molecule has 0 spiro atoms. The summed E-state index contributed by atoms with van der Waals surface area (Å²) in [4.78, 5) is 37.9. The highest BCUT2D eigenvalue weighted by Crippen LogP contribution is 2.27. The molecule has 1 aromatic heterocycles. The zero-order valence-corrected chi connectivity index (χ0v) is 14.5. The SMILES string of the molecule is CCOC(=O)C(CC)CCc1nc(Cl)c(C(=O)OC)cc1[N+](=O)[O-]. The largest absolute Gasteiger partial charge is 0.466 e. The van der Waals surface area contributed by atoms with Crippen LogP contribution in [0.5, 0.6) is 0 Å². The Bertz CT molecular complexity index is 635. The van der Waals surface area contributed by atoms with Crippen molar-refractivity contribution in [1.82, 2.24) is 4.98 Å². The number of nitro groups is 1. The van der Waals surface area contributed by atoms with Crippen LogP contribution in [0.3, 0.4) is 0 Å². The molecule has 0 bridgehead atoms. The minimum Gasteiger partial charge on any atom is -0.466 e. The summed E-state index contributed by atoms with van der Waals surface area (Å²) in [5.41, 5.74) is -0.397. The normalized spacial score (nSPS) is 11.7. The number of hydrogen-bond acceptors (Lipinski definition) is 7. The van der Waals surface area contributed by atoms with Crippen molar-refractivity contribution >= 4 is 29.2 Å². The number of methoxy groups -OCH3 is 1. The van der Waals surface area contributed by atoms with Crippen molar-refractivity contribution < 1.29 is 24.0 Å². The predicted octanol–water partition coefficient (Wildman–Crippen LogP) is 2.95. The van der Waals surface area contributed by atoms with E-state index >= 15 is 0 Å². The van der Waals surface area contributed by atoms with Crippen LogP contribution in [0.2, 0.25) is 5.15 Å². The van der Waals surface area contributed by atoms with Crippen molar-refractivity contribution in [2.45, 2.75) is 33.1 Å². The number of hydrogen-bond donors (Lipinski definition) is 0. The highest BCUT2D eigenvalue weighted by molar-refractivity contribution is 6.32. The van der Waals surface area contributed by atoms with Crippen LogP contribution in [-0.4, -0.2) is 35.6 Å². The van der Waals surface area contributed by atoms with Crippen molar-refractivity contribution in [2.24, 2.45) is 5.92 Å². The number of carbonyl (C=O) groups excluding carboxylic acids is 2. The minimum atomic E-state index is -0.805. The molecule has 8 nitrogen and oxygen atoms in total. The predicted molar refractivity (Wildman–Crippen MR) is 86.0 cm³/mol. The van der Waals surface area contributed by atoms with Crippen LogP contribution >= 0.6 is 11.6 Å². The molecule has 9 heteroatoms. The zero-order valence-electron chi connectivity index (χ0n) is 13.7. The van der Waals surface area contributed by atoms with Crippen molar-refractivity contribution in [3.8, 4) is 0 Å². The van der Waals surface area contributed by atoms with Crippen molar-refractivity contribution in [3.05, 3.63) is 32.6 Å². The van der Waals surface area contributed by atoms with Crippen LogP contribution in [0, 0.1) is 16.0 Å². The second-order valence-corrected chi connectivity index (χ2v) is 5.30. The van der Waals surface area contributed by atoms with E-state index in [9.17, 15) is 19.7 Å². The van der Waals surface area contributed by atoms with Gasteiger partial charge in [-0.05, 0) is 26.2 Å². The third kappa shape index (κ3) is 4.89. The summed E-state index contributed by atoms with van der Waals surface area (Å²) in [5, 5.41) is 11.1. The zero-order chi connectivity index (χ0) is 18.3. The summed E-state index contributed by atoms with van der Waals surface area (Å²) in [6, 6.07) is 1.04. The smallest absolute Gasteiger partial charge is 0.341 e. The molecule has 0 aliphatic heterocycles. The lowest BCUT2D eigenvalue weighted by Gasteiger charge is -2.13. The second kappa shape index (κ2) is 9.17. The van der Waals surface area contributed by atoms with Crippen LogP contribution in [-0.2, 0) is 20.7 Å². The van der Waals surface area contributed by atoms with Crippen molar-refractivity contribution in [3.63, 3.8) is 0 Å². The third-order valence-corrected chi connectivity index (χ3v) is 3.76. The molecular weight excluding hydrogens is 340 g/mol.